The predicted molar refractivity (Wildman–Crippen MR) is 117 cm³/mol. The molecule has 4 aromatic rings. The van der Waals surface area contributed by atoms with Gasteiger partial charge in [0.1, 0.15) is 0 Å². The van der Waals surface area contributed by atoms with Gasteiger partial charge in [-0.05, 0) is 36.4 Å². The summed E-state index contributed by atoms with van der Waals surface area (Å²) in [6.45, 7) is 0.559. The lowest BCUT2D eigenvalue weighted by molar-refractivity contribution is -0.169. The Morgan fingerprint density at radius 3 is 2.65 bits per heavy atom. The molecule has 0 atom stereocenters. The van der Waals surface area contributed by atoms with Gasteiger partial charge in [0.2, 0.25) is 5.88 Å². The minimum atomic E-state index is -5.10. The first kappa shape index (κ1) is 21.5. The summed E-state index contributed by atoms with van der Waals surface area (Å²) in [6.07, 6.45) is -1.64. The van der Waals surface area contributed by atoms with Gasteiger partial charge in [0.05, 0.1) is 23.2 Å². The number of anilines is 2. The van der Waals surface area contributed by atoms with Crippen molar-refractivity contribution in [1.29, 1.82) is 0 Å². The topological polar surface area (TPSA) is 91.2 Å². The highest BCUT2D eigenvalue weighted by atomic mass is 19.4. The summed E-state index contributed by atoms with van der Waals surface area (Å²) >= 11 is 0. The zero-order valence-electron chi connectivity index (χ0n) is 17.5. The number of H-pyrrole nitrogens is 1. The number of halogens is 3. The Morgan fingerprint density at radius 1 is 1.06 bits per heavy atom. The van der Waals surface area contributed by atoms with Gasteiger partial charge in [-0.15, -0.1) is 0 Å². The number of aromatic amines is 1. The van der Waals surface area contributed by atoms with Crippen LogP contribution in [-0.2, 0) is 11.2 Å². The molecule has 7 nitrogen and oxygen atoms in total. The number of carbonyl (C=O) groups excluding carboxylic acids is 2. The molecule has 1 aromatic carbocycles. The van der Waals surface area contributed by atoms with E-state index >= 15 is 0 Å². The molecular formula is C24H17F3N4O3. The number of amides is 2. The quantitative estimate of drug-likeness (QED) is 0.450. The van der Waals surface area contributed by atoms with Crippen LogP contribution in [0.1, 0.15) is 16.1 Å². The Bertz CT molecular complexity index is 1380. The average Bonchev–Trinajstić information content (AvgIpc) is 3.50. The van der Waals surface area contributed by atoms with Crippen LogP contribution in [0, 0.1) is 0 Å². The van der Waals surface area contributed by atoms with Crippen LogP contribution in [0.5, 0.6) is 0 Å². The molecule has 2 N–H and O–H groups in total. The Labute approximate surface area is 191 Å². The van der Waals surface area contributed by atoms with Crippen molar-refractivity contribution < 1.29 is 27.2 Å². The highest BCUT2D eigenvalue weighted by Crippen LogP contribution is 2.34. The van der Waals surface area contributed by atoms with Crippen LogP contribution in [0.3, 0.4) is 0 Å². The number of alkyl halides is 3. The van der Waals surface area contributed by atoms with Gasteiger partial charge in [-0.2, -0.15) is 13.2 Å². The van der Waals surface area contributed by atoms with E-state index in [2.05, 4.69) is 15.3 Å². The molecule has 0 fully saturated rings. The summed E-state index contributed by atoms with van der Waals surface area (Å²) in [5.74, 6) is -2.47. The van der Waals surface area contributed by atoms with Gasteiger partial charge >= 0.3 is 12.1 Å². The fraction of sp³-hybridized carbons (Fsp3) is 0.125. The molecule has 5 rings (SSSR count). The van der Waals surface area contributed by atoms with E-state index in [1.807, 2.05) is 0 Å². The van der Waals surface area contributed by atoms with E-state index in [0.29, 0.717) is 34.7 Å². The van der Waals surface area contributed by atoms with Crippen LogP contribution >= 0.6 is 0 Å². The number of furan rings is 1. The molecule has 34 heavy (non-hydrogen) atoms. The van der Waals surface area contributed by atoms with Crippen LogP contribution in [0.15, 0.2) is 71.5 Å². The van der Waals surface area contributed by atoms with Crippen molar-refractivity contribution in [3.05, 3.63) is 78.3 Å². The molecule has 3 aromatic heterocycles. The molecule has 0 saturated carbocycles. The van der Waals surface area contributed by atoms with E-state index in [-0.39, 0.29) is 17.5 Å². The Kier molecular flexibility index (Phi) is 5.20. The second-order valence-electron chi connectivity index (χ2n) is 7.65. The number of hydrogen-bond donors (Lipinski definition) is 2. The average molecular weight is 466 g/mol. The van der Waals surface area contributed by atoms with Crippen molar-refractivity contribution in [2.24, 2.45) is 0 Å². The zero-order chi connectivity index (χ0) is 23.9. The van der Waals surface area contributed by atoms with Gasteiger partial charge in [-0.1, -0.05) is 12.1 Å². The number of fused-ring (bicyclic) bond motifs is 1. The maximum absolute atomic E-state index is 13.3. The maximum Gasteiger partial charge on any atom is 0.472 e. The molecule has 0 aliphatic carbocycles. The van der Waals surface area contributed by atoms with Crippen LogP contribution in [0.4, 0.5) is 24.7 Å². The number of carbonyl (C=O) groups is 2. The molecule has 2 amide bonds. The van der Waals surface area contributed by atoms with Crippen molar-refractivity contribution >= 4 is 23.4 Å². The van der Waals surface area contributed by atoms with Crippen LogP contribution in [0.25, 0.3) is 22.5 Å². The van der Waals surface area contributed by atoms with Gasteiger partial charge in [-0.3, -0.25) is 14.6 Å². The molecule has 172 valence electrons. The molecule has 1 aliphatic rings. The number of aromatic nitrogens is 2. The van der Waals surface area contributed by atoms with Crippen LogP contribution in [-0.4, -0.2) is 34.5 Å². The number of nitrogens with one attached hydrogen (secondary N) is 2. The summed E-state index contributed by atoms with van der Waals surface area (Å²) in [5.41, 5.74) is 3.88. The normalized spacial score (nSPS) is 13.3. The van der Waals surface area contributed by atoms with Gasteiger partial charge in [-0.25, -0.2) is 4.90 Å². The Hall–Kier alpha value is -4.34. The fourth-order valence-electron chi connectivity index (χ4n) is 3.88. The molecule has 0 bridgehead atoms. The first-order valence-electron chi connectivity index (χ1n) is 10.3. The van der Waals surface area contributed by atoms with Crippen molar-refractivity contribution in [2.75, 3.05) is 11.4 Å². The van der Waals surface area contributed by atoms with Crippen LogP contribution < -0.4 is 10.2 Å². The third kappa shape index (κ3) is 3.94. The summed E-state index contributed by atoms with van der Waals surface area (Å²) in [4.78, 5) is 32.3. The first-order valence-corrected chi connectivity index (χ1v) is 10.3. The van der Waals surface area contributed by atoms with Gasteiger partial charge in [0.25, 0.3) is 5.91 Å². The monoisotopic (exact) mass is 466 g/mol. The Morgan fingerprint density at radius 2 is 1.91 bits per heavy atom. The summed E-state index contributed by atoms with van der Waals surface area (Å²) in [5, 5.41) is 2.80. The summed E-state index contributed by atoms with van der Waals surface area (Å²) in [7, 11) is 0. The lowest BCUT2D eigenvalue weighted by Crippen LogP contribution is -2.37. The molecule has 10 heteroatoms. The zero-order valence-corrected chi connectivity index (χ0v) is 17.5. The lowest BCUT2D eigenvalue weighted by atomic mass is 10.1. The van der Waals surface area contributed by atoms with Crippen molar-refractivity contribution in [3.63, 3.8) is 0 Å². The van der Waals surface area contributed by atoms with E-state index in [0.717, 1.165) is 17.0 Å². The number of nitrogens with zero attached hydrogens (tertiary/aromatic N) is 2. The fourth-order valence-corrected chi connectivity index (χ4v) is 3.88. The van der Waals surface area contributed by atoms with Crippen molar-refractivity contribution in [3.8, 4) is 22.5 Å². The van der Waals surface area contributed by atoms with E-state index in [4.69, 9.17) is 4.42 Å². The van der Waals surface area contributed by atoms with E-state index in [1.165, 1.54) is 36.6 Å². The van der Waals surface area contributed by atoms with Crippen molar-refractivity contribution in [1.82, 2.24) is 15.3 Å². The smallest absolute Gasteiger partial charge is 0.448 e. The van der Waals surface area contributed by atoms with Gasteiger partial charge in [0, 0.05) is 47.7 Å². The van der Waals surface area contributed by atoms with Crippen LogP contribution in [0.2, 0.25) is 0 Å². The molecule has 0 spiro atoms. The highest BCUT2D eigenvalue weighted by Gasteiger charge is 2.44. The largest absolute Gasteiger partial charge is 0.472 e. The third-order valence-electron chi connectivity index (χ3n) is 5.45. The summed E-state index contributed by atoms with van der Waals surface area (Å²) < 4.78 is 45.0. The van der Waals surface area contributed by atoms with E-state index in [9.17, 15) is 22.8 Å². The first-order chi connectivity index (χ1) is 16.3. The van der Waals surface area contributed by atoms with E-state index in [1.54, 1.807) is 30.5 Å². The molecule has 4 heterocycles. The maximum atomic E-state index is 13.3. The molecule has 0 unspecified atom stereocenters. The number of pyridine rings is 1. The second kappa shape index (κ2) is 8.22. The van der Waals surface area contributed by atoms with E-state index < -0.39 is 12.1 Å². The Balaban J connectivity index is 1.53. The minimum absolute atomic E-state index is 0.0195. The highest BCUT2D eigenvalue weighted by molar-refractivity contribution is 6.03. The number of hydrogen-bond acceptors (Lipinski definition) is 4. The third-order valence-corrected chi connectivity index (χ3v) is 5.45. The van der Waals surface area contributed by atoms with Gasteiger partial charge < -0.3 is 14.7 Å². The predicted octanol–water partition coefficient (Wildman–Crippen LogP) is 4.85. The number of benzene rings is 1. The molecule has 0 saturated heterocycles. The van der Waals surface area contributed by atoms with Gasteiger partial charge in [0.15, 0.2) is 0 Å². The van der Waals surface area contributed by atoms with Crippen molar-refractivity contribution in [2.45, 2.75) is 12.6 Å². The number of rotatable bonds is 4. The second-order valence-corrected chi connectivity index (χ2v) is 7.65. The lowest BCUT2D eigenvalue weighted by Gasteiger charge is -2.21. The molecule has 1 aliphatic heterocycles. The SMILES string of the molecule is O=C1NCCc2[nH]c(-c3ccnc(-c4cccc(N(C(=O)C(F)(F)F)c5ccco5)c4)c3)cc21. The summed E-state index contributed by atoms with van der Waals surface area (Å²) in [6, 6.07) is 14.0. The minimum Gasteiger partial charge on any atom is -0.448 e. The standard InChI is InChI=1S/C24H17F3N4O3/c25-24(26,27)23(33)31(21-5-2-10-34-21)16-4-1-3-14(11-16)19-12-15(6-8-28-19)20-13-17-18(30-20)7-9-29-22(17)32/h1-6,8,10-13,30H,7,9H2,(H,29,32). The molecular weight excluding hydrogens is 449 g/mol. The molecule has 0 radical (unpaired) electrons.